The van der Waals surface area contributed by atoms with Gasteiger partial charge in [-0.25, -0.2) is 0 Å². The molecule has 16 heavy (non-hydrogen) atoms. The lowest BCUT2D eigenvalue weighted by Gasteiger charge is -2.00. The van der Waals surface area contributed by atoms with E-state index in [4.69, 9.17) is 0 Å². The number of ketones is 1. The predicted molar refractivity (Wildman–Crippen MR) is 61.1 cm³/mol. The first-order valence-corrected chi connectivity index (χ1v) is 5.19. The summed E-state index contributed by atoms with van der Waals surface area (Å²) in [5, 5.41) is 0. The van der Waals surface area contributed by atoms with Crippen LogP contribution in [0.5, 0.6) is 0 Å². The molecule has 80 valence electrons. The lowest BCUT2D eigenvalue weighted by atomic mass is 10.1. The van der Waals surface area contributed by atoms with Crippen molar-refractivity contribution in [1.82, 2.24) is 9.97 Å². The first-order chi connectivity index (χ1) is 7.86. The van der Waals surface area contributed by atoms with Crippen molar-refractivity contribution in [1.29, 1.82) is 0 Å². The average molecular weight is 212 g/mol. The molecule has 0 fully saturated rings. The van der Waals surface area contributed by atoms with Gasteiger partial charge in [0, 0.05) is 36.3 Å². The summed E-state index contributed by atoms with van der Waals surface area (Å²) in [4.78, 5) is 19.9. The van der Waals surface area contributed by atoms with Gasteiger partial charge in [0.05, 0.1) is 0 Å². The van der Waals surface area contributed by atoms with Crippen molar-refractivity contribution in [3.05, 3.63) is 60.2 Å². The van der Waals surface area contributed by atoms with Crippen LogP contribution in [0, 0.1) is 0 Å². The molecule has 0 saturated carbocycles. The molecule has 2 aromatic rings. The normalized spacial score (nSPS) is 10.0. The highest BCUT2D eigenvalue weighted by molar-refractivity contribution is 5.95. The van der Waals surface area contributed by atoms with E-state index in [1.165, 1.54) is 0 Å². The fourth-order valence-electron chi connectivity index (χ4n) is 1.46. The molecule has 0 N–H and O–H groups in total. The highest BCUT2D eigenvalue weighted by atomic mass is 16.1. The number of Topliss-reactive ketones (excluding diaryl/α,β-unsaturated/α-hetero) is 1. The standard InChI is InChI=1S/C13H12N2O/c16-13(11-4-3-8-14-10-11)7-6-12-5-1-2-9-15-12/h1-5,8-10H,6-7H2. The second kappa shape index (κ2) is 5.16. The summed E-state index contributed by atoms with van der Waals surface area (Å²) >= 11 is 0. The molecule has 0 aliphatic heterocycles. The number of carbonyl (C=O) groups is 1. The molecule has 3 nitrogen and oxygen atoms in total. The lowest BCUT2D eigenvalue weighted by molar-refractivity contribution is 0.0982. The van der Waals surface area contributed by atoms with Gasteiger partial charge in [0.15, 0.2) is 5.78 Å². The number of nitrogens with zero attached hydrogens (tertiary/aromatic N) is 2. The molecule has 2 aromatic heterocycles. The van der Waals surface area contributed by atoms with Crippen molar-refractivity contribution in [2.24, 2.45) is 0 Å². The maximum Gasteiger partial charge on any atom is 0.164 e. The number of hydrogen-bond acceptors (Lipinski definition) is 3. The Bertz CT molecular complexity index is 454. The summed E-state index contributed by atoms with van der Waals surface area (Å²) in [5.74, 6) is 0.110. The van der Waals surface area contributed by atoms with Gasteiger partial charge < -0.3 is 0 Å². The molecule has 0 aromatic carbocycles. The first-order valence-electron chi connectivity index (χ1n) is 5.19. The van der Waals surface area contributed by atoms with Gasteiger partial charge in [-0.15, -0.1) is 0 Å². The fourth-order valence-corrected chi connectivity index (χ4v) is 1.46. The molecule has 0 saturated heterocycles. The topological polar surface area (TPSA) is 42.9 Å². The van der Waals surface area contributed by atoms with Crippen LogP contribution in [-0.2, 0) is 6.42 Å². The molecule has 0 aliphatic carbocycles. The smallest absolute Gasteiger partial charge is 0.164 e. The van der Waals surface area contributed by atoms with E-state index in [1.54, 1.807) is 30.7 Å². The quantitative estimate of drug-likeness (QED) is 0.730. The van der Waals surface area contributed by atoms with E-state index in [1.807, 2.05) is 18.2 Å². The molecule has 2 heterocycles. The van der Waals surface area contributed by atoms with Crippen LogP contribution < -0.4 is 0 Å². The summed E-state index contributed by atoms with van der Waals surface area (Å²) in [7, 11) is 0. The Hall–Kier alpha value is -2.03. The molecule has 0 unspecified atom stereocenters. The van der Waals surface area contributed by atoms with E-state index in [2.05, 4.69) is 9.97 Å². The predicted octanol–water partition coefficient (Wildman–Crippen LogP) is 2.29. The lowest BCUT2D eigenvalue weighted by Crippen LogP contribution is -2.02. The van der Waals surface area contributed by atoms with Crippen molar-refractivity contribution in [2.45, 2.75) is 12.8 Å². The third kappa shape index (κ3) is 2.73. The zero-order valence-electron chi connectivity index (χ0n) is 8.84. The van der Waals surface area contributed by atoms with Crippen molar-refractivity contribution < 1.29 is 4.79 Å². The highest BCUT2D eigenvalue weighted by Gasteiger charge is 2.05. The van der Waals surface area contributed by atoms with E-state index in [-0.39, 0.29) is 5.78 Å². The summed E-state index contributed by atoms with van der Waals surface area (Å²) in [5.41, 5.74) is 1.61. The van der Waals surface area contributed by atoms with Crippen LogP contribution >= 0.6 is 0 Å². The Morgan fingerprint density at radius 3 is 2.75 bits per heavy atom. The van der Waals surface area contributed by atoms with Gasteiger partial charge in [-0.05, 0) is 30.7 Å². The molecule has 2 rings (SSSR count). The maximum absolute atomic E-state index is 11.8. The molecular weight excluding hydrogens is 200 g/mol. The van der Waals surface area contributed by atoms with E-state index in [9.17, 15) is 4.79 Å². The third-order valence-electron chi connectivity index (χ3n) is 2.32. The Kier molecular flexibility index (Phi) is 3.38. The monoisotopic (exact) mass is 212 g/mol. The first kappa shape index (κ1) is 10.5. The maximum atomic E-state index is 11.8. The number of rotatable bonds is 4. The fraction of sp³-hybridized carbons (Fsp3) is 0.154. The van der Waals surface area contributed by atoms with Crippen LogP contribution in [0.15, 0.2) is 48.9 Å². The molecule has 0 bridgehead atoms. The zero-order valence-corrected chi connectivity index (χ0v) is 8.84. The SMILES string of the molecule is O=C(CCc1ccccn1)c1cccnc1. The van der Waals surface area contributed by atoms with E-state index in [0.29, 0.717) is 18.4 Å². The second-order valence-electron chi connectivity index (χ2n) is 3.49. The van der Waals surface area contributed by atoms with Crippen molar-refractivity contribution in [3.8, 4) is 0 Å². The third-order valence-corrected chi connectivity index (χ3v) is 2.32. The van der Waals surface area contributed by atoms with Gasteiger partial charge >= 0.3 is 0 Å². The largest absolute Gasteiger partial charge is 0.294 e. The number of aryl methyl sites for hydroxylation is 1. The number of hydrogen-bond donors (Lipinski definition) is 0. The number of aromatic nitrogens is 2. The highest BCUT2D eigenvalue weighted by Crippen LogP contribution is 2.05. The Balaban J connectivity index is 1.95. The van der Waals surface area contributed by atoms with Gasteiger partial charge in [0.2, 0.25) is 0 Å². The van der Waals surface area contributed by atoms with Gasteiger partial charge in [0.25, 0.3) is 0 Å². The minimum absolute atomic E-state index is 0.110. The van der Waals surface area contributed by atoms with E-state index < -0.39 is 0 Å². The molecule has 3 heteroatoms. The molecule has 0 amide bonds. The van der Waals surface area contributed by atoms with Gasteiger partial charge in [0.1, 0.15) is 0 Å². The molecular formula is C13H12N2O. The van der Waals surface area contributed by atoms with Crippen LogP contribution in [0.2, 0.25) is 0 Å². The van der Waals surface area contributed by atoms with Crippen LogP contribution in [0.3, 0.4) is 0 Å². The van der Waals surface area contributed by atoms with Crippen LogP contribution in [0.25, 0.3) is 0 Å². The van der Waals surface area contributed by atoms with Crippen LogP contribution in [-0.4, -0.2) is 15.8 Å². The van der Waals surface area contributed by atoms with Crippen LogP contribution in [0.4, 0.5) is 0 Å². The second-order valence-corrected chi connectivity index (χ2v) is 3.49. The van der Waals surface area contributed by atoms with Crippen LogP contribution in [0.1, 0.15) is 22.5 Å². The molecule has 0 atom stereocenters. The Morgan fingerprint density at radius 2 is 2.06 bits per heavy atom. The van der Waals surface area contributed by atoms with Crippen molar-refractivity contribution in [2.75, 3.05) is 0 Å². The number of pyridine rings is 2. The van der Waals surface area contributed by atoms with E-state index in [0.717, 1.165) is 5.69 Å². The molecule has 0 spiro atoms. The molecule has 0 aliphatic rings. The van der Waals surface area contributed by atoms with Crippen molar-refractivity contribution in [3.63, 3.8) is 0 Å². The summed E-state index contributed by atoms with van der Waals surface area (Å²) in [6.45, 7) is 0. The molecule has 0 radical (unpaired) electrons. The minimum Gasteiger partial charge on any atom is -0.294 e. The van der Waals surface area contributed by atoms with Gasteiger partial charge in [-0.2, -0.15) is 0 Å². The zero-order chi connectivity index (χ0) is 11.2. The van der Waals surface area contributed by atoms with Gasteiger partial charge in [-0.1, -0.05) is 6.07 Å². The van der Waals surface area contributed by atoms with Crippen molar-refractivity contribution >= 4 is 5.78 Å². The summed E-state index contributed by atoms with van der Waals surface area (Å²) in [6, 6.07) is 9.28. The average Bonchev–Trinajstić information content (AvgIpc) is 2.38. The Labute approximate surface area is 94.2 Å². The number of carbonyl (C=O) groups excluding carboxylic acids is 1. The summed E-state index contributed by atoms with van der Waals surface area (Å²) < 4.78 is 0. The summed E-state index contributed by atoms with van der Waals surface area (Å²) in [6.07, 6.45) is 6.15. The van der Waals surface area contributed by atoms with E-state index >= 15 is 0 Å². The Morgan fingerprint density at radius 1 is 1.12 bits per heavy atom. The minimum atomic E-state index is 0.110. The van der Waals surface area contributed by atoms with Gasteiger partial charge in [-0.3, -0.25) is 14.8 Å².